The predicted octanol–water partition coefficient (Wildman–Crippen LogP) is 3.73. The molecule has 5 heteroatoms. The molecular weight excluding hydrogens is 374 g/mol. The van der Waals surface area contributed by atoms with Gasteiger partial charge in [0.25, 0.3) is 0 Å². The predicted molar refractivity (Wildman–Crippen MR) is 121 cm³/mol. The lowest BCUT2D eigenvalue weighted by molar-refractivity contribution is -0.131. The van der Waals surface area contributed by atoms with Crippen LogP contribution in [0.25, 0.3) is 11.1 Å². The maximum absolute atomic E-state index is 12.2. The molecule has 1 saturated heterocycles. The topological polar surface area (TPSA) is 61.4 Å². The SMILES string of the molecule is CC(C)(C)C(=O)NCC(=O)NCc1ccccc1-c1ccc(CN2CCCC2)cc1. The Morgan fingerprint density at radius 2 is 1.60 bits per heavy atom. The second-order valence-corrected chi connectivity index (χ2v) is 9.05. The Bertz CT molecular complexity index is 863. The molecule has 1 aliphatic rings. The highest BCUT2D eigenvalue weighted by Crippen LogP contribution is 2.25. The summed E-state index contributed by atoms with van der Waals surface area (Å²) in [6, 6.07) is 16.8. The Labute approximate surface area is 179 Å². The highest BCUT2D eigenvalue weighted by Gasteiger charge is 2.21. The van der Waals surface area contributed by atoms with Crippen molar-refractivity contribution in [2.24, 2.45) is 5.41 Å². The number of rotatable bonds is 7. The van der Waals surface area contributed by atoms with Crippen molar-refractivity contribution in [1.29, 1.82) is 0 Å². The van der Waals surface area contributed by atoms with Gasteiger partial charge in [-0.15, -0.1) is 0 Å². The van der Waals surface area contributed by atoms with E-state index in [-0.39, 0.29) is 18.4 Å². The summed E-state index contributed by atoms with van der Waals surface area (Å²) < 4.78 is 0. The molecule has 0 aliphatic carbocycles. The minimum absolute atomic E-state index is 0.0104. The van der Waals surface area contributed by atoms with E-state index in [1.165, 1.54) is 31.5 Å². The molecule has 0 bridgehead atoms. The van der Waals surface area contributed by atoms with E-state index in [2.05, 4.69) is 45.9 Å². The average molecular weight is 408 g/mol. The van der Waals surface area contributed by atoms with Crippen LogP contribution in [-0.2, 0) is 22.7 Å². The number of nitrogens with one attached hydrogen (secondary N) is 2. The summed E-state index contributed by atoms with van der Waals surface area (Å²) in [5, 5.41) is 5.60. The van der Waals surface area contributed by atoms with Crippen molar-refractivity contribution in [3.05, 3.63) is 59.7 Å². The molecule has 2 amide bonds. The Morgan fingerprint density at radius 3 is 2.27 bits per heavy atom. The van der Waals surface area contributed by atoms with Gasteiger partial charge in [-0.05, 0) is 48.2 Å². The summed E-state index contributed by atoms with van der Waals surface area (Å²) in [7, 11) is 0. The first kappa shape index (κ1) is 22.0. The molecule has 0 atom stereocenters. The van der Waals surface area contributed by atoms with Gasteiger partial charge in [-0.25, -0.2) is 0 Å². The minimum atomic E-state index is -0.506. The van der Waals surface area contributed by atoms with Gasteiger partial charge in [-0.3, -0.25) is 14.5 Å². The van der Waals surface area contributed by atoms with Crippen molar-refractivity contribution in [1.82, 2.24) is 15.5 Å². The van der Waals surface area contributed by atoms with E-state index in [1.54, 1.807) is 0 Å². The first-order valence-electron chi connectivity index (χ1n) is 10.8. The molecule has 0 saturated carbocycles. The summed E-state index contributed by atoms with van der Waals surface area (Å²) >= 11 is 0. The third-order valence-electron chi connectivity index (χ3n) is 5.45. The van der Waals surface area contributed by atoms with Crippen LogP contribution in [0.3, 0.4) is 0 Å². The van der Waals surface area contributed by atoms with Gasteiger partial charge in [0.1, 0.15) is 0 Å². The van der Waals surface area contributed by atoms with Gasteiger partial charge in [0, 0.05) is 18.5 Å². The number of amides is 2. The van der Waals surface area contributed by atoms with Gasteiger partial charge in [0.15, 0.2) is 0 Å². The molecule has 0 aromatic heterocycles. The van der Waals surface area contributed by atoms with E-state index in [0.29, 0.717) is 6.54 Å². The lowest BCUT2D eigenvalue weighted by Crippen LogP contribution is -2.41. The molecule has 2 N–H and O–H groups in total. The van der Waals surface area contributed by atoms with Crippen LogP contribution in [0.4, 0.5) is 0 Å². The normalized spacial score (nSPS) is 14.5. The minimum Gasteiger partial charge on any atom is -0.350 e. The van der Waals surface area contributed by atoms with Crippen LogP contribution in [-0.4, -0.2) is 36.3 Å². The number of carbonyl (C=O) groups is 2. The van der Waals surface area contributed by atoms with Crippen molar-refractivity contribution < 1.29 is 9.59 Å². The molecule has 1 fully saturated rings. The fraction of sp³-hybridized carbons (Fsp3) is 0.440. The van der Waals surface area contributed by atoms with Crippen molar-refractivity contribution in [3.63, 3.8) is 0 Å². The van der Waals surface area contributed by atoms with Gasteiger partial charge in [-0.1, -0.05) is 69.3 Å². The van der Waals surface area contributed by atoms with E-state index in [9.17, 15) is 9.59 Å². The van der Waals surface area contributed by atoms with Crippen molar-refractivity contribution >= 4 is 11.8 Å². The lowest BCUT2D eigenvalue weighted by atomic mass is 9.96. The second kappa shape index (κ2) is 9.90. The van der Waals surface area contributed by atoms with Crippen LogP contribution in [0.15, 0.2) is 48.5 Å². The summed E-state index contributed by atoms with van der Waals surface area (Å²) in [5.41, 5.74) is 4.14. The van der Waals surface area contributed by atoms with Crippen LogP contribution in [0, 0.1) is 5.41 Å². The fourth-order valence-electron chi connectivity index (χ4n) is 3.63. The van der Waals surface area contributed by atoms with E-state index in [4.69, 9.17) is 0 Å². The van der Waals surface area contributed by atoms with Crippen LogP contribution in [0.2, 0.25) is 0 Å². The third kappa shape index (κ3) is 6.17. The van der Waals surface area contributed by atoms with Gasteiger partial charge in [0.05, 0.1) is 6.54 Å². The molecule has 0 spiro atoms. The number of hydrogen-bond acceptors (Lipinski definition) is 3. The van der Waals surface area contributed by atoms with Gasteiger partial charge < -0.3 is 10.6 Å². The second-order valence-electron chi connectivity index (χ2n) is 9.05. The quantitative estimate of drug-likeness (QED) is 0.735. The molecule has 1 aliphatic heterocycles. The number of benzene rings is 2. The van der Waals surface area contributed by atoms with Gasteiger partial charge in [0.2, 0.25) is 11.8 Å². The zero-order valence-electron chi connectivity index (χ0n) is 18.3. The maximum Gasteiger partial charge on any atom is 0.239 e. The summed E-state index contributed by atoms with van der Waals surface area (Å²) in [4.78, 5) is 26.6. The summed E-state index contributed by atoms with van der Waals surface area (Å²) in [6.07, 6.45) is 2.61. The highest BCUT2D eigenvalue weighted by molar-refractivity contribution is 5.87. The van der Waals surface area contributed by atoms with Crippen LogP contribution in [0.5, 0.6) is 0 Å². The molecule has 5 nitrogen and oxygen atoms in total. The number of nitrogens with zero attached hydrogens (tertiary/aromatic N) is 1. The van der Waals surface area contributed by atoms with Crippen molar-refractivity contribution in [2.75, 3.05) is 19.6 Å². The molecular formula is C25H33N3O2. The smallest absolute Gasteiger partial charge is 0.239 e. The third-order valence-corrected chi connectivity index (χ3v) is 5.45. The summed E-state index contributed by atoms with van der Waals surface area (Å²) in [6.45, 7) is 9.30. The number of likely N-dealkylation sites (tertiary alicyclic amines) is 1. The first-order chi connectivity index (χ1) is 14.3. The van der Waals surface area contributed by atoms with Gasteiger partial charge >= 0.3 is 0 Å². The average Bonchev–Trinajstić information content (AvgIpc) is 3.23. The molecule has 3 rings (SSSR count). The van der Waals surface area contributed by atoms with E-state index < -0.39 is 5.41 Å². The Hall–Kier alpha value is -2.66. The largest absolute Gasteiger partial charge is 0.350 e. The molecule has 1 heterocycles. The zero-order valence-corrected chi connectivity index (χ0v) is 18.3. The van der Waals surface area contributed by atoms with Crippen LogP contribution < -0.4 is 10.6 Å². The molecule has 30 heavy (non-hydrogen) atoms. The molecule has 0 unspecified atom stereocenters. The van der Waals surface area contributed by atoms with Crippen molar-refractivity contribution in [3.8, 4) is 11.1 Å². The number of hydrogen-bond donors (Lipinski definition) is 2. The molecule has 2 aromatic rings. The summed E-state index contributed by atoms with van der Waals surface area (Å²) in [5.74, 6) is -0.324. The molecule has 2 aromatic carbocycles. The molecule has 0 radical (unpaired) electrons. The van der Waals surface area contributed by atoms with Gasteiger partial charge in [-0.2, -0.15) is 0 Å². The lowest BCUT2D eigenvalue weighted by Gasteiger charge is -2.17. The standard InChI is InChI=1S/C25H33N3O2/c1-25(2,3)24(30)27-17-23(29)26-16-21-8-4-5-9-22(21)20-12-10-19(11-13-20)18-28-14-6-7-15-28/h4-5,8-13H,6-7,14-18H2,1-3H3,(H,26,29)(H,27,30). The Kier molecular flexibility index (Phi) is 7.27. The van der Waals surface area contributed by atoms with E-state index >= 15 is 0 Å². The van der Waals surface area contributed by atoms with Crippen LogP contribution >= 0.6 is 0 Å². The Morgan fingerprint density at radius 1 is 0.933 bits per heavy atom. The van der Waals surface area contributed by atoms with E-state index in [0.717, 1.165) is 23.2 Å². The van der Waals surface area contributed by atoms with Crippen molar-refractivity contribution in [2.45, 2.75) is 46.7 Å². The maximum atomic E-state index is 12.2. The Balaban J connectivity index is 1.59. The van der Waals surface area contributed by atoms with E-state index in [1.807, 2.05) is 39.0 Å². The monoisotopic (exact) mass is 407 g/mol. The first-order valence-corrected chi connectivity index (χ1v) is 10.8. The zero-order chi connectivity index (χ0) is 21.6. The van der Waals surface area contributed by atoms with Crippen LogP contribution in [0.1, 0.15) is 44.7 Å². The number of carbonyl (C=O) groups excluding carboxylic acids is 2. The molecule has 160 valence electrons. The fourth-order valence-corrected chi connectivity index (χ4v) is 3.63. The highest BCUT2D eigenvalue weighted by atomic mass is 16.2.